The summed E-state index contributed by atoms with van der Waals surface area (Å²) in [4.78, 5) is 0. The topological polar surface area (TPSA) is 9.23 Å². The van der Waals surface area contributed by atoms with Crippen LogP contribution in [0, 0.1) is 0 Å². The maximum Gasteiger partial charge on any atom is 0.123 e. The highest BCUT2D eigenvalue weighted by atomic mass is 79.9. The fourth-order valence-corrected chi connectivity index (χ4v) is 2.24. The van der Waals surface area contributed by atoms with Crippen molar-refractivity contribution in [1.29, 1.82) is 0 Å². The molecule has 0 fully saturated rings. The van der Waals surface area contributed by atoms with E-state index in [2.05, 4.69) is 40.7 Å². The molecule has 2 heteroatoms. The predicted molar refractivity (Wildman–Crippen MR) is 72.1 cm³/mol. The number of hydrogen-bond acceptors (Lipinski definition) is 1. The third-order valence-electron chi connectivity index (χ3n) is 2.62. The molecule has 0 bridgehead atoms. The Morgan fingerprint density at radius 3 is 2.75 bits per heavy atom. The van der Waals surface area contributed by atoms with E-state index in [0.717, 1.165) is 16.6 Å². The molecule has 0 saturated heterocycles. The standard InChI is InChI=1S/C14H13BrO/c1-3-4-12-13-9-11(15)7-5-10(13)6-8-14(12)16-2/h3,5-9H,1,4H2,2H3. The number of benzene rings is 2. The van der Waals surface area contributed by atoms with E-state index in [1.54, 1.807) is 7.11 Å². The molecule has 0 saturated carbocycles. The molecule has 2 rings (SSSR count). The average Bonchev–Trinajstić information content (AvgIpc) is 2.30. The van der Waals surface area contributed by atoms with E-state index in [4.69, 9.17) is 4.74 Å². The lowest BCUT2D eigenvalue weighted by atomic mass is 10.0. The fourth-order valence-electron chi connectivity index (χ4n) is 1.88. The lowest BCUT2D eigenvalue weighted by Gasteiger charge is -2.10. The Bertz CT molecular complexity index is 531. The van der Waals surface area contributed by atoms with Crippen LogP contribution in [0.5, 0.6) is 5.75 Å². The van der Waals surface area contributed by atoms with E-state index in [9.17, 15) is 0 Å². The highest BCUT2D eigenvalue weighted by molar-refractivity contribution is 9.10. The zero-order valence-electron chi connectivity index (χ0n) is 9.16. The van der Waals surface area contributed by atoms with Crippen LogP contribution < -0.4 is 4.74 Å². The zero-order chi connectivity index (χ0) is 11.5. The number of fused-ring (bicyclic) bond motifs is 1. The summed E-state index contributed by atoms with van der Waals surface area (Å²) in [6.45, 7) is 3.79. The van der Waals surface area contributed by atoms with Gasteiger partial charge in [0.05, 0.1) is 7.11 Å². The Morgan fingerprint density at radius 2 is 2.06 bits per heavy atom. The third-order valence-corrected chi connectivity index (χ3v) is 3.11. The molecule has 0 amide bonds. The summed E-state index contributed by atoms with van der Waals surface area (Å²) in [6.07, 6.45) is 2.72. The van der Waals surface area contributed by atoms with Crippen LogP contribution in [0.25, 0.3) is 10.8 Å². The minimum absolute atomic E-state index is 0.816. The molecule has 1 nitrogen and oxygen atoms in total. The van der Waals surface area contributed by atoms with E-state index in [1.165, 1.54) is 16.3 Å². The van der Waals surface area contributed by atoms with Crippen molar-refractivity contribution in [1.82, 2.24) is 0 Å². The maximum absolute atomic E-state index is 5.38. The molecule has 0 atom stereocenters. The third kappa shape index (κ3) is 1.98. The van der Waals surface area contributed by atoms with Gasteiger partial charge in [-0.1, -0.05) is 34.1 Å². The molecule has 0 spiro atoms. The van der Waals surface area contributed by atoms with Gasteiger partial charge in [0.25, 0.3) is 0 Å². The van der Waals surface area contributed by atoms with Gasteiger partial charge in [0, 0.05) is 10.0 Å². The van der Waals surface area contributed by atoms with Crippen LogP contribution >= 0.6 is 15.9 Å². The summed E-state index contributed by atoms with van der Waals surface area (Å²) >= 11 is 3.50. The summed E-state index contributed by atoms with van der Waals surface area (Å²) in [5, 5.41) is 2.44. The van der Waals surface area contributed by atoms with Crippen molar-refractivity contribution in [3.63, 3.8) is 0 Å². The molecule has 2 aromatic carbocycles. The van der Waals surface area contributed by atoms with Crippen LogP contribution in [0.4, 0.5) is 0 Å². The van der Waals surface area contributed by atoms with Crippen LogP contribution in [0.3, 0.4) is 0 Å². The monoisotopic (exact) mass is 276 g/mol. The molecule has 0 unspecified atom stereocenters. The Morgan fingerprint density at radius 1 is 1.31 bits per heavy atom. The largest absolute Gasteiger partial charge is 0.496 e. The normalized spacial score (nSPS) is 10.4. The van der Waals surface area contributed by atoms with Gasteiger partial charge in [0.1, 0.15) is 5.75 Å². The van der Waals surface area contributed by atoms with Crippen LogP contribution in [-0.4, -0.2) is 7.11 Å². The number of rotatable bonds is 3. The van der Waals surface area contributed by atoms with Crippen LogP contribution in [0.2, 0.25) is 0 Å². The van der Waals surface area contributed by atoms with Gasteiger partial charge in [0.2, 0.25) is 0 Å². The summed E-state index contributed by atoms with van der Waals surface area (Å²) in [5.41, 5.74) is 1.19. The van der Waals surface area contributed by atoms with Crippen LogP contribution in [0.1, 0.15) is 5.56 Å². The highest BCUT2D eigenvalue weighted by Gasteiger charge is 2.07. The highest BCUT2D eigenvalue weighted by Crippen LogP contribution is 2.30. The van der Waals surface area contributed by atoms with E-state index in [-0.39, 0.29) is 0 Å². The first-order valence-corrected chi connectivity index (χ1v) is 5.91. The molecular formula is C14H13BrO. The van der Waals surface area contributed by atoms with Crippen molar-refractivity contribution in [3.8, 4) is 5.75 Å². The van der Waals surface area contributed by atoms with Crippen molar-refractivity contribution in [3.05, 3.63) is 53.0 Å². The molecule has 2 aromatic rings. The number of allylic oxidation sites excluding steroid dienone is 1. The molecule has 0 heterocycles. The smallest absolute Gasteiger partial charge is 0.123 e. The zero-order valence-corrected chi connectivity index (χ0v) is 10.8. The van der Waals surface area contributed by atoms with Gasteiger partial charge in [-0.05, 0) is 35.4 Å². The molecular weight excluding hydrogens is 264 g/mol. The summed E-state index contributed by atoms with van der Waals surface area (Å²) < 4.78 is 6.46. The second-order valence-electron chi connectivity index (χ2n) is 3.60. The molecule has 0 aliphatic heterocycles. The van der Waals surface area contributed by atoms with Gasteiger partial charge in [-0.2, -0.15) is 0 Å². The maximum atomic E-state index is 5.38. The minimum Gasteiger partial charge on any atom is -0.496 e. The fraction of sp³-hybridized carbons (Fsp3) is 0.143. The van der Waals surface area contributed by atoms with Gasteiger partial charge in [0.15, 0.2) is 0 Å². The average molecular weight is 277 g/mol. The predicted octanol–water partition coefficient (Wildman–Crippen LogP) is 4.34. The second-order valence-corrected chi connectivity index (χ2v) is 4.52. The number of methoxy groups -OCH3 is 1. The van der Waals surface area contributed by atoms with E-state index < -0.39 is 0 Å². The Labute approximate surface area is 104 Å². The van der Waals surface area contributed by atoms with E-state index >= 15 is 0 Å². The van der Waals surface area contributed by atoms with Crippen molar-refractivity contribution >= 4 is 26.7 Å². The first-order valence-electron chi connectivity index (χ1n) is 5.12. The number of hydrogen-bond donors (Lipinski definition) is 0. The van der Waals surface area contributed by atoms with Gasteiger partial charge in [-0.25, -0.2) is 0 Å². The SMILES string of the molecule is C=CCc1c(OC)ccc2ccc(Br)cc12. The van der Waals surface area contributed by atoms with E-state index in [0.29, 0.717) is 0 Å². The van der Waals surface area contributed by atoms with Crippen molar-refractivity contribution in [2.75, 3.05) is 7.11 Å². The van der Waals surface area contributed by atoms with Gasteiger partial charge in [-0.15, -0.1) is 6.58 Å². The van der Waals surface area contributed by atoms with Crippen LogP contribution in [-0.2, 0) is 6.42 Å². The molecule has 0 radical (unpaired) electrons. The first-order chi connectivity index (χ1) is 7.76. The molecule has 0 aromatic heterocycles. The molecule has 16 heavy (non-hydrogen) atoms. The lowest BCUT2D eigenvalue weighted by molar-refractivity contribution is 0.411. The molecule has 0 aliphatic carbocycles. The quantitative estimate of drug-likeness (QED) is 0.758. The summed E-state index contributed by atoms with van der Waals surface area (Å²) in [6, 6.07) is 10.4. The number of halogens is 1. The summed E-state index contributed by atoms with van der Waals surface area (Å²) in [7, 11) is 1.70. The Kier molecular flexibility index (Phi) is 3.30. The van der Waals surface area contributed by atoms with Crippen molar-refractivity contribution in [2.45, 2.75) is 6.42 Å². The molecule has 0 aliphatic rings. The molecule has 82 valence electrons. The first kappa shape index (κ1) is 11.2. The van der Waals surface area contributed by atoms with Crippen LogP contribution in [0.15, 0.2) is 47.5 Å². The summed E-state index contributed by atoms with van der Waals surface area (Å²) in [5.74, 6) is 0.922. The minimum atomic E-state index is 0.816. The van der Waals surface area contributed by atoms with Gasteiger partial charge >= 0.3 is 0 Å². The van der Waals surface area contributed by atoms with Gasteiger partial charge in [-0.3, -0.25) is 0 Å². The van der Waals surface area contributed by atoms with Crippen molar-refractivity contribution < 1.29 is 4.74 Å². The Hall–Kier alpha value is -1.28. The second kappa shape index (κ2) is 4.71. The number of ether oxygens (including phenoxy) is 1. The molecule has 0 N–H and O–H groups in total. The lowest BCUT2D eigenvalue weighted by Crippen LogP contribution is -1.92. The van der Waals surface area contributed by atoms with Crippen molar-refractivity contribution in [2.24, 2.45) is 0 Å². The van der Waals surface area contributed by atoms with Gasteiger partial charge < -0.3 is 4.74 Å². The van der Waals surface area contributed by atoms with E-state index in [1.807, 2.05) is 18.2 Å². The Balaban J connectivity index is 2.75.